The van der Waals surface area contributed by atoms with Crippen LogP contribution in [-0.2, 0) is 0 Å². The van der Waals surface area contributed by atoms with Crippen molar-refractivity contribution in [3.63, 3.8) is 0 Å². The SMILES string of the molecule is CC(C#N)NC(=O)c1ccc(F)c(Br)c1. The van der Waals surface area contributed by atoms with Crippen LogP contribution in [0.15, 0.2) is 22.7 Å². The Hall–Kier alpha value is -1.41. The summed E-state index contributed by atoms with van der Waals surface area (Å²) >= 11 is 2.98. The summed E-state index contributed by atoms with van der Waals surface area (Å²) in [6.45, 7) is 1.57. The molecule has 1 aromatic carbocycles. The molecule has 0 aliphatic rings. The summed E-state index contributed by atoms with van der Waals surface area (Å²) in [4.78, 5) is 11.5. The largest absolute Gasteiger partial charge is 0.337 e. The molecule has 0 saturated carbocycles. The van der Waals surface area contributed by atoms with Crippen LogP contribution in [0.4, 0.5) is 4.39 Å². The van der Waals surface area contributed by atoms with Crippen molar-refractivity contribution in [3.8, 4) is 6.07 Å². The standard InChI is InChI=1S/C10H8BrFN2O/c1-6(5-13)14-10(15)7-2-3-9(12)8(11)4-7/h2-4,6H,1H3,(H,14,15). The maximum absolute atomic E-state index is 12.9. The van der Waals surface area contributed by atoms with E-state index in [1.165, 1.54) is 18.2 Å². The van der Waals surface area contributed by atoms with E-state index in [4.69, 9.17) is 5.26 Å². The second-order valence-corrected chi connectivity index (χ2v) is 3.81. The minimum Gasteiger partial charge on any atom is -0.337 e. The number of carbonyl (C=O) groups excluding carboxylic acids is 1. The molecule has 0 aromatic heterocycles. The summed E-state index contributed by atoms with van der Waals surface area (Å²) in [5, 5.41) is 10.9. The van der Waals surface area contributed by atoms with E-state index in [0.717, 1.165) is 0 Å². The highest BCUT2D eigenvalue weighted by molar-refractivity contribution is 9.10. The average Bonchev–Trinajstić information content (AvgIpc) is 2.21. The van der Waals surface area contributed by atoms with Crippen molar-refractivity contribution in [1.82, 2.24) is 5.32 Å². The van der Waals surface area contributed by atoms with Gasteiger partial charge in [0.15, 0.2) is 0 Å². The lowest BCUT2D eigenvalue weighted by Gasteiger charge is -2.06. The zero-order valence-corrected chi connectivity index (χ0v) is 9.51. The first kappa shape index (κ1) is 11.7. The number of benzene rings is 1. The van der Waals surface area contributed by atoms with Crippen LogP contribution in [0.1, 0.15) is 17.3 Å². The van der Waals surface area contributed by atoms with Gasteiger partial charge in [0.1, 0.15) is 11.9 Å². The van der Waals surface area contributed by atoms with Gasteiger partial charge >= 0.3 is 0 Å². The van der Waals surface area contributed by atoms with E-state index >= 15 is 0 Å². The summed E-state index contributed by atoms with van der Waals surface area (Å²) in [5.41, 5.74) is 0.311. The minimum absolute atomic E-state index is 0.222. The fraction of sp³-hybridized carbons (Fsp3) is 0.200. The maximum atomic E-state index is 12.9. The smallest absolute Gasteiger partial charge is 0.252 e. The van der Waals surface area contributed by atoms with Crippen molar-refractivity contribution in [2.45, 2.75) is 13.0 Å². The summed E-state index contributed by atoms with van der Waals surface area (Å²) in [7, 11) is 0. The van der Waals surface area contributed by atoms with Crippen LogP contribution in [0.2, 0.25) is 0 Å². The number of carbonyl (C=O) groups is 1. The molecule has 3 nitrogen and oxygen atoms in total. The topological polar surface area (TPSA) is 52.9 Å². The van der Waals surface area contributed by atoms with Crippen molar-refractivity contribution >= 4 is 21.8 Å². The third kappa shape index (κ3) is 3.03. The van der Waals surface area contributed by atoms with Crippen LogP contribution in [0.25, 0.3) is 0 Å². The van der Waals surface area contributed by atoms with Crippen LogP contribution >= 0.6 is 15.9 Å². The van der Waals surface area contributed by atoms with Crippen molar-refractivity contribution in [2.75, 3.05) is 0 Å². The molecule has 1 aromatic rings. The number of rotatable bonds is 2. The molecule has 1 atom stereocenters. The van der Waals surface area contributed by atoms with E-state index in [-0.39, 0.29) is 4.47 Å². The fourth-order valence-corrected chi connectivity index (χ4v) is 1.33. The van der Waals surface area contributed by atoms with Crippen LogP contribution in [0.5, 0.6) is 0 Å². The normalized spacial score (nSPS) is 11.6. The Bertz CT molecular complexity index is 428. The zero-order chi connectivity index (χ0) is 11.4. The summed E-state index contributed by atoms with van der Waals surface area (Å²) in [6.07, 6.45) is 0. The molecule has 0 saturated heterocycles. The molecule has 0 radical (unpaired) electrons. The summed E-state index contributed by atoms with van der Waals surface area (Å²) in [6, 6.07) is 5.23. The van der Waals surface area contributed by atoms with Gasteiger partial charge in [0, 0.05) is 5.56 Å². The number of hydrogen-bond acceptors (Lipinski definition) is 2. The van der Waals surface area contributed by atoms with Gasteiger partial charge < -0.3 is 5.32 Å². The highest BCUT2D eigenvalue weighted by atomic mass is 79.9. The number of nitrogens with one attached hydrogen (secondary N) is 1. The molecule has 0 aliphatic heterocycles. The van der Waals surface area contributed by atoms with Gasteiger partial charge in [0.25, 0.3) is 5.91 Å². The predicted octanol–water partition coefficient (Wildman–Crippen LogP) is 2.23. The Labute approximate surface area is 95.0 Å². The lowest BCUT2D eigenvalue weighted by Crippen LogP contribution is -2.31. The van der Waals surface area contributed by atoms with Crippen molar-refractivity contribution in [1.29, 1.82) is 5.26 Å². The second-order valence-electron chi connectivity index (χ2n) is 2.95. The first-order chi connectivity index (χ1) is 7.04. The number of nitrogens with zero attached hydrogens (tertiary/aromatic N) is 1. The average molecular weight is 271 g/mol. The number of halogens is 2. The van der Waals surface area contributed by atoms with Gasteiger partial charge in [0.05, 0.1) is 10.5 Å². The second kappa shape index (κ2) is 4.89. The molecular formula is C10H8BrFN2O. The molecule has 5 heteroatoms. The molecule has 0 spiro atoms. The van der Waals surface area contributed by atoms with Crippen molar-refractivity contribution in [3.05, 3.63) is 34.1 Å². The Balaban J connectivity index is 2.84. The number of amides is 1. The molecule has 78 valence electrons. The van der Waals surface area contributed by atoms with E-state index in [0.29, 0.717) is 5.56 Å². The fourth-order valence-electron chi connectivity index (χ4n) is 0.950. The van der Waals surface area contributed by atoms with Gasteiger partial charge in [-0.3, -0.25) is 4.79 Å². The summed E-state index contributed by atoms with van der Waals surface area (Å²) in [5.74, 6) is -0.829. The van der Waals surface area contributed by atoms with Gasteiger partial charge in [-0.15, -0.1) is 0 Å². The van der Waals surface area contributed by atoms with Crippen LogP contribution < -0.4 is 5.32 Å². The predicted molar refractivity (Wildman–Crippen MR) is 56.6 cm³/mol. The Kier molecular flexibility index (Phi) is 3.81. The van der Waals surface area contributed by atoms with Crippen LogP contribution in [0.3, 0.4) is 0 Å². The third-order valence-electron chi connectivity index (χ3n) is 1.72. The van der Waals surface area contributed by atoms with E-state index in [1.807, 2.05) is 6.07 Å². The van der Waals surface area contributed by atoms with Gasteiger partial charge in [-0.2, -0.15) is 5.26 Å². The van der Waals surface area contributed by atoms with Gasteiger partial charge in [-0.05, 0) is 41.1 Å². The number of hydrogen-bond donors (Lipinski definition) is 1. The monoisotopic (exact) mass is 270 g/mol. The lowest BCUT2D eigenvalue weighted by atomic mass is 10.2. The number of nitriles is 1. The quantitative estimate of drug-likeness (QED) is 0.896. The molecule has 0 fully saturated rings. The third-order valence-corrected chi connectivity index (χ3v) is 2.33. The molecule has 15 heavy (non-hydrogen) atoms. The Morgan fingerprint density at radius 3 is 2.87 bits per heavy atom. The summed E-state index contributed by atoms with van der Waals surface area (Å²) < 4.78 is 13.1. The van der Waals surface area contributed by atoms with E-state index in [9.17, 15) is 9.18 Å². The molecule has 0 bridgehead atoms. The molecule has 0 heterocycles. The molecular weight excluding hydrogens is 263 g/mol. The maximum Gasteiger partial charge on any atom is 0.252 e. The zero-order valence-electron chi connectivity index (χ0n) is 7.92. The first-order valence-electron chi connectivity index (χ1n) is 4.20. The van der Waals surface area contributed by atoms with Gasteiger partial charge in [-0.1, -0.05) is 0 Å². The van der Waals surface area contributed by atoms with E-state index in [2.05, 4.69) is 21.2 Å². The molecule has 1 N–H and O–H groups in total. The highest BCUT2D eigenvalue weighted by Crippen LogP contribution is 2.16. The molecule has 1 amide bonds. The highest BCUT2D eigenvalue weighted by Gasteiger charge is 2.10. The molecule has 1 unspecified atom stereocenters. The van der Waals surface area contributed by atoms with Crippen molar-refractivity contribution < 1.29 is 9.18 Å². The first-order valence-corrected chi connectivity index (χ1v) is 4.99. The van der Waals surface area contributed by atoms with Crippen molar-refractivity contribution in [2.24, 2.45) is 0 Å². The van der Waals surface area contributed by atoms with E-state index in [1.54, 1.807) is 6.92 Å². The van der Waals surface area contributed by atoms with Crippen LogP contribution in [0, 0.1) is 17.1 Å². The van der Waals surface area contributed by atoms with Gasteiger partial charge in [0.2, 0.25) is 0 Å². The van der Waals surface area contributed by atoms with E-state index < -0.39 is 17.8 Å². The Morgan fingerprint density at radius 1 is 1.67 bits per heavy atom. The van der Waals surface area contributed by atoms with Crippen LogP contribution in [-0.4, -0.2) is 11.9 Å². The lowest BCUT2D eigenvalue weighted by molar-refractivity contribution is 0.0947. The molecule has 1 rings (SSSR count). The molecule has 0 aliphatic carbocycles. The van der Waals surface area contributed by atoms with Gasteiger partial charge in [-0.25, -0.2) is 4.39 Å². The minimum atomic E-state index is -0.568. The Morgan fingerprint density at radius 2 is 2.33 bits per heavy atom.